The molecule has 1 aromatic rings. The van der Waals surface area contributed by atoms with Crippen molar-refractivity contribution in [3.63, 3.8) is 0 Å². The second kappa shape index (κ2) is 4.32. The van der Waals surface area contributed by atoms with E-state index in [-0.39, 0.29) is 6.07 Å². The van der Waals surface area contributed by atoms with Gasteiger partial charge in [-0.3, -0.25) is 0 Å². The first-order chi connectivity index (χ1) is 7.31. The van der Waals surface area contributed by atoms with Crippen molar-refractivity contribution in [1.29, 1.82) is 0 Å². The molecule has 90 valence electrons. The number of nitrogens with two attached hydrogens (primary N) is 1. The Hall–Kier alpha value is -1.24. The lowest BCUT2D eigenvalue weighted by Gasteiger charge is -2.16. The predicted octanol–water partition coefficient (Wildman–Crippen LogP) is 2.68. The summed E-state index contributed by atoms with van der Waals surface area (Å²) in [7, 11) is 0. The van der Waals surface area contributed by atoms with E-state index in [1.54, 1.807) is 0 Å². The molecule has 0 aliphatic rings. The van der Waals surface area contributed by atoms with Crippen molar-refractivity contribution < 1.29 is 26.3 Å². The van der Waals surface area contributed by atoms with Gasteiger partial charge in [-0.05, 0) is 12.6 Å². The van der Waals surface area contributed by atoms with Gasteiger partial charge < -0.3 is 5.73 Å². The highest BCUT2D eigenvalue weighted by Crippen LogP contribution is 2.35. The lowest BCUT2D eigenvalue weighted by atomic mass is 10.0. The van der Waals surface area contributed by atoms with Gasteiger partial charge in [0.1, 0.15) is 0 Å². The molecule has 1 rings (SSSR count). The number of hydrogen-bond donors (Lipinski definition) is 1. The highest BCUT2D eigenvalue weighted by atomic mass is 19.3. The van der Waals surface area contributed by atoms with Crippen LogP contribution in [0.15, 0.2) is 6.07 Å². The lowest BCUT2D eigenvalue weighted by molar-refractivity contribution is -0.0152. The number of halogens is 6. The van der Waals surface area contributed by atoms with Gasteiger partial charge in [-0.25, -0.2) is 26.3 Å². The lowest BCUT2D eigenvalue weighted by Crippen LogP contribution is -2.21. The van der Waals surface area contributed by atoms with Crippen LogP contribution in [-0.2, 0) is 5.92 Å². The van der Waals surface area contributed by atoms with E-state index in [1.807, 2.05) is 0 Å². The fourth-order valence-corrected chi connectivity index (χ4v) is 1.15. The third-order valence-electron chi connectivity index (χ3n) is 1.95. The number of hydrogen-bond acceptors (Lipinski definition) is 1. The molecule has 16 heavy (non-hydrogen) atoms. The predicted molar refractivity (Wildman–Crippen MR) is 43.8 cm³/mol. The van der Waals surface area contributed by atoms with E-state index in [4.69, 9.17) is 5.73 Å². The van der Waals surface area contributed by atoms with Crippen molar-refractivity contribution in [1.82, 2.24) is 0 Å². The molecule has 0 heterocycles. The van der Waals surface area contributed by atoms with Crippen LogP contribution in [0.4, 0.5) is 26.3 Å². The Bertz CT molecular complexity index is 403. The highest BCUT2D eigenvalue weighted by molar-refractivity contribution is 5.25. The molecule has 0 radical (unpaired) electrons. The second-order valence-corrected chi connectivity index (χ2v) is 3.09. The molecule has 2 N–H and O–H groups in total. The van der Waals surface area contributed by atoms with Gasteiger partial charge in [0.15, 0.2) is 23.3 Å². The van der Waals surface area contributed by atoms with E-state index >= 15 is 0 Å². The van der Waals surface area contributed by atoms with Crippen LogP contribution in [0.2, 0.25) is 0 Å². The minimum atomic E-state index is -3.84. The Morgan fingerprint density at radius 2 is 1.56 bits per heavy atom. The van der Waals surface area contributed by atoms with Gasteiger partial charge in [-0.1, -0.05) is 0 Å². The molecule has 7 heteroatoms. The molecule has 1 nitrogen and oxygen atoms in total. The van der Waals surface area contributed by atoms with Crippen LogP contribution in [-0.4, -0.2) is 6.54 Å². The van der Waals surface area contributed by atoms with Crippen LogP contribution in [0.3, 0.4) is 0 Å². The largest absolute Gasteiger partial charge is 0.330 e. The molecular weight excluding hydrogens is 236 g/mol. The van der Waals surface area contributed by atoms with E-state index < -0.39 is 47.7 Å². The molecule has 1 aromatic carbocycles. The average molecular weight is 243 g/mol. The molecule has 0 bridgehead atoms. The van der Waals surface area contributed by atoms with Gasteiger partial charge in [0.25, 0.3) is 5.92 Å². The molecule has 0 amide bonds. The number of alkyl halides is 2. The SMILES string of the molecule is NCCC(F)(F)c1cc(F)c(F)c(F)c1F. The zero-order valence-electron chi connectivity index (χ0n) is 7.84. The summed E-state index contributed by atoms with van der Waals surface area (Å²) in [6.07, 6.45) is -0.992. The molecule has 0 saturated heterocycles. The van der Waals surface area contributed by atoms with Crippen LogP contribution in [0.25, 0.3) is 0 Å². The molecule has 0 fully saturated rings. The van der Waals surface area contributed by atoms with E-state index in [0.717, 1.165) is 0 Å². The Balaban J connectivity index is 3.35. The third-order valence-corrected chi connectivity index (χ3v) is 1.95. The second-order valence-electron chi connectivity index (χ2n) is 3.09. The molecule has 0 aromatic heterocycles. The zero-order chi connectivity index (χ0) is 12.5. The zero-order valence-corrected chi connectivity index (χ0v) is 7.84. The molecule has 0 unspecified atom stereocenters. The Morgan fingerprint density at radius 1 is 1.00 bits per heavy atom. The monoisotopic (exact) mass is 243 g/mol. The quantitative estimate of drug-likeness (QED) is 0.493. The van der Waals surface area contributed by atoms with Gasteiger partial charge in [0.2, 0.25) is 0 Å². The standard InChI is InChI=1S/C9H7F6N/c10-5-3-4(9(14,15)1-2-16)6(11)8(13)7(5)12/h3H,1-2,16H2. The van der Waals surface area contributed by atoms with Crippen molar-refractivity contribution in [2.45, 2.75) is 12.3 Å². The van der Waals surface area contributed by atoms with Crippen LogP contribution >= 0.6 is 0 Å². The summed E-state index contributed by atoms with van der Waals surface area (Å²) in [4.78, 5) is 0. The summed E-state index contributed by atoms with van der Waals surface area (Å²) in [6, 6.07) is -0.0661. The summed E-state index contributed by atoms with van der Waals surface area (Å²) in [5.41, 5.74) is 3.31. The first-order valence-electron chi connectivity index (χ1n) is 4.22. The average Bonchev–Trinajstić information content (AvgIpc) is 2.20. The van der Waals surface area contributed by atoms with Gasteiger partial charge >= 0.3 is 0 Å². The van der Waals surface area contributed by atoms with Gasteiger partial charge in [-0.15, -0.1) is 0 Å². The van der Waals surface area contributed by atoms with Crippen LogP contribution in [0.5, 0.6) is 0 Å². The first kappa shape index (κ1) is 12.8. The molecule has 0 spiro atoms. The molecular formula is C9H7F6N. The van der Waals surface area contributed by atoms with Crippen molar-refractivity contribution in [3.05, 3.63) is 34.9 Å². The smallest absolute Gasteiger partial charge is 0.277 e. The summed E-state index contributed by atoms with van der Waals surface area (Å²) in [5, 5.41) is 0. The van der Waals surface area contributed by atoms with E-state index in [2.05, 4.69) is 0 Å². The summed E-state index contributed by atoms with van der Waals surface area (Å²) in [5.74, 6) is -12.2. The maximum Gasteiger partial charge on any atom is 0.277 e. The van der Waals surface area contributed by atoms with E-state index in [0.29, 0.717) is 0 Å². The van der Waals surface area contributed by atoms with Gasteiger partial charge in [0, 0.05) is 6.42 Å². The normalized spacial score (nSPS) is 11.9. The minimum absolute atomic E-state index is 0.0661. The van der Waals surface area contributed by atoms with Crippen molar-refractivity contribution in [2.24, 2.45) is 5.73 Å². The minimum Gasteiger partial charge on any atom is -0.330 e. The molecule has 0 aliphatic carbocycles. The maximum absolute atomic E-state index is 13.1. The van der Waals surface area contributed by atoms with E-state index in [9.17, 15) is 26.3 Å². The highest BCUT2D eigenvalue weighted by Gasteiger charge is 2.37. The van der Waals surface area contributed by atoms with Gasteiger partial charge in [0.05, 0.1) is 5.56 Å². The first-order valence-corrected chi connectivity index (χ1v) is 4.22. The molecule has 0 aliphatic heterocycles. The van der Waals surface area contributed by atoms with Crippen LogP contribution in [0, 0.1) is 23.3 Å². The van der Waals surface area contributed by atoms with Crippen molar-refractivity contribution in [3.8, 4) is 0 Å². The van der Waals surface area contributed by atoms with Crippen LogP contribution in [0.1, 0.15) is 12.0 Å². The Labute approximate surface area is 86.9 Å². The third kappa shape index (κ3) is 2.13. The fourth-order valence-electron chi connectivity index (χ4n) is 1.15. The summed E-state index contributed by atoms with van der Waals surface area (Å²) >= 11 is 0. The number of benzene rings is 1. The number of rotatable bonds is 3. The van der Waals surface area contributed by atoms with E-state index in [1.165, 1.54) is 0 Å². The van der Waals surface area contributed by atoms with Crippen molar-refractivity contribution >= 4 is 0 Å². The topological polar surface area (TPSA) is 26.0 Å². The molecule has 0 saturated carbocycles. The molecule has 0 atom stereocenters. The summed E-state index contributed by atoms with van der Waals surface area (Å²) in [6.45, 7) is -0.507. The Morgan fingerprint density at radius 3 is 2.06 bits per heavy atom. The maximum atomic E-state index is 13.1. The fraction of sp³-hybridized carbons (Fsp3) is 0.333. The van der Waals surface area contributed by atoms with Crippen molar-refractivity contribution in [2.75, 3.05) is 6.54 Å². The van der Waals surface area contributed by atoms with Gasteiger partial charge in [-0.2, -0.15) is 0 Å². The summed E-state index contributed by atoms with van der Waals surface area (Å²) < 4.78 is 77.0. The Kier molecular flexibility index (Phi) is 3.47. The van der Waals surface area contributed by atoms with Crippen LogP contribution < -0.4 is 5.73 Å².